The van der Waals surface area contributed by atoms with Crippen molar-refractivity contribution in [3.63, 3.8) is 0 Å². The van der Waals surface area contributed by atoms with E-state index in [4.69, 9.17) is 0 Å². The monoisotopic (exact) mass is 243 g/mol. The number of nitrogens with zero attached hydrogens (tertiary/aromatic N) is 1. The summed E-state index contributed by atoms with van der Waals surface area (Å²) in [6.07, 6.45) is 2.67. The molecular weight excluding hydrogens is 226 g/mol. The summed E-state index contributed by atoms with van der Waals surface area (Å²) in [4.78, 5) is 4.29. The zero-order chi connectivity index (χ0) is 12.6. The van der Waals surface area contributed by atoms with Crippen molar-refractivity contribution in [2.75, 3.05) is 6.26 Å². The fourth-order valence-corrected chi connectivity index (χ4v) is 2.88. The highest BCUT2D eigenvalue weighted by atomic mass is 32.2. The molecule has 4 nitrogen and oxygen atoms in total. The minimum atomic E-state index is -3.38. The van der Waals surface area contributed by atoms with Gasteiger partial charge in [0.25, 0.3) is 0 Å². The van der Waals surface area contributed by atoms with Gasteiger partial charge in [-0.1, -0.05) is 20.8 Å². The molecule has 0 aliphatic rings. The average Bonchev–Trinajstić information content (AvgIpc) is 2.13. The van der Waals surface area contributed by atoms with Crippen LogP contribution in [-0.2, 0) is 21.9 Å². The van der Waals surface area contributed by atoms with E-state index in [1.54, 1.807) is 0 Å². The lowest BCUT2D eigenvalue weighted by Crippen LogP contribution is -2.20. The second kappa shape index (κ2) is 4.14. The van der Waals surface area contributed by atoms with Crippen molar-refractivity contribution in [3.05, 3.63) is 23.5 Å². The van der Waals surface area contributed by atoms with Crippen LogP contribution in [0.1, 0.15) is 32.0 Å². The van der Waals surface area contributed by atoms with Gasteiger partial charge in [-0.05, 0) is 11.6 Å². The maximum absolute atomic E-state index is 11.7. The normalized spacial score (nSPS) is 12.8. The van der Waals surface area contributed by atoms with Crippen LogP contribution < -0.4 is 0 Å². The van der Waals surface area contributed by atoms with Gasteiger partial charge >= 0.3 is 0 Å². The Labute approximate surface area is 96.3 Å². The Bertz CT molecular complexity index is 486. The van der Waals surface area contributed by atoms with Gasteiger partial charge in [0, 0.05) is 17.9 Å². The van der Waals surface area contributed by atoms with Crippen molar-refractivity contribution in [2.45, 2.75) is 37.7 Å². The van der Waals surface area contributed by atoms with Crippen LogP contribution >= 0.6 is 0 Å². The van der Waals surface area contributed by atoms with E-state index in [-0.39, 0.29) is 16.9 Å². The van der Waals surface area contributed by atoms with Crippen LogP contribution in [0.5, 0.6) is 0 Å². The van der Waals surface area contributed by atoms with E-state index in [1.807, 2.05) is 20.8 Å². The zero-order valence-corrected chi connectivity index (χ0v) is 10.8. The first-order chi connectivity index (χ1) is 7.18. The molecular formula is C11H17NO3S. The Morgan fingerprint density at radius 3 is 2.31 bits per heavy atom. The van der Waals surface area contributed by atoms with Gasteiger partial charge in [0.1, 0.15) is 0 Å². The van der Waals surface area contributed by atoms with Crippen molar-refractivity contribution in [3.8, 4) is 0 Å². The van der Waals surface area contributed by atoms with Gasteiger partial charge in [0.05, 0.1) is 17.2 Å². The number of sulfone groups is 1. The standard InChI is InChI=1S/C11H17NO3S/c1-11(2,3)10-9(16(4,14)15)8(7-13)5-6-12-10/h5-6,13H,7H2,1-4H3. The third-order valence-corrected chi connectivity index (χ3v) is 3.43. The van der Waals surface area contributed by atoms with Crippen molar-refractivity contribution < 1.29 is 13.5 Å². The molecule has 90 valence electrons. The van der Waals surface area contributed by atoms with Crippen LogP contribution in [0, 0.1) is 0 Å². The lowest BCUT2D eigenvalue weighted by molar-refractivity contribution is 0.277. The molecule has 1 N–H and O–H groups in total. The van der Waals surface area contributed by atoms with Gasteiger partial charge in [-0.25, -0.2) is 8.42 Å². The van der Waals surface area contributed by atoms with Gasteiger partial charge in [-0.3, -0.25) is 4.98 Å². The summed E-state index contributed by atoms with van der Waals surface area (Å²) in [5.74, 6) is 0. The quantitative estimate of drug-likeness (QED) is 0.849. The van der Waals surface area contributed by atoms with Crippen LogP contribution in [-0.4, -0.2) is 24.8 Å². The number of aliphatic hydroxyl groups is 1. The highest BCUT2D eigenvalue weighted by molar-refractivity contribution is 7.90. The van der Waals surface area contributed by atoms with E-state index < -0.39 is 9.84 Å². The molecule has 1 aromatic rings. The first-order valence-electron chi connectivity index (χ1n) is 4.97. The molecule has 0 amide bonds. The van der Waals surface area contributed by atoms with Crippen molar-refractivity contribution >= 4 is 9.84 Å². The average molecular weight is 243 g/mol. The fourth-order valence-electron chi connectivity index (χ4n) is 1.56. The van der Waals surface area contributed by atoms with Crippen molar-refractivity contribution in [1.82, 2.24) is 4.98 Å². The molecule has 16 heavy (non-hydrogen) atoms. The number of hydrogen-bond donors (Lipinski definition) is 1. The van der Waals surface area contributed by atoms with Crippen LogP contribution in [0.4, 0.5) is 0 Å². The predicted molar refractivity (Wildman–Crippen MR) is 62.0 cm³/mol. The molecule has 0 spiro atoms. The maximum atomic E-state index is 11.7. The molecule has 0 aliphatic heterocycles. The van der Waals surface area contributed by atoms with Gasteiger partial charge < -0.3 is 5.11 Å². The van der Waals surface area contributed by atoms with Crippen LogP contribution in [0.15, 0.2) is 17.2 Å². The minimum Gasteiger partial charge on any atom is -0.392 e. The molecule has 1 rings (SSSR count). The summed E-state index contributed by atoms with van der Waals surface area (Å²) >= 11 is 0. The van der Waals surface area contributed by atoms with Crippen molar-refractivity contribution in [2.24, 2.45) is 0 Å². The van der Waals surface area contributed by atoms with Crippen molar-refractivity contribution in [1.29, 1.82) is 0 Å². The summed E-state index contributed by atoms with van der Waals surface area (Å²) in [7, 11) is -3.38. The van der Waals surface area contributed by atoms with Crippen LogP contribution in [0.2, 0.25) is 0 Å². The van der Waals surface area contributed by atoms with E-state index in [1.165, 1.54) is 12.3 Å². The summed E-state index contributed by atoms with van der Waals surface area (Å²) in [6, 6.07) is 1.53. The second-order valence-corrected chi connectivity index (χ2v) is 6.78. The third kappa shape index (κ3) is 2.59. The number of pyridine rings is 1. The summed E-state index contributed by atoms with van der Waals surface area (Å²) in [5, 5.41) is 9.18. The molecule has 1 heterocycles. The van der Waals surface area contributed by atoms with E-state index in [9.17, 15) is 13.5 Å². The molecule has 0 unspecified atom stereocenters. The summed E-state index contributed by atoms with van der Waals surface area (Å²) in [6.45, 7) is 5.38. The first kappa shape index (κ1) is 13.1. The molecule has 0 atom stereocenters. The molecule has 0 aromatic carbocycles. The third-order valence-electron chi connectivity index (χ3n) is 2.24. The number of aromatic nitrogens is 1. The number of hydrogen-bond acceptors (Lipinski definition) is 4. The van der Waals surface area contributed by atoms with Gasteiger partial charge in [0.2, 0.25) is 0 Å². The fraction of sp³-hybridized carbons (Fsp3) is 0.545. The molecule has 0 saturated carbocycles. The molecule has 1 aromatic heterocycles. The van der Waals surface area contributed by atoms with E-state index >= 15 is 0 Å². The molecule has 0 saturated heterocycles. The largest absolute Gasteiger partial charge is 0.392 e. The second-order valence-electron chi connectivity index (χ2n) is 4.83. The SMILES string of the molecule is CC(C)(C)c1nccc(CO)c1S(C)(=O)=O. The highest BCUT2D eigenvalue weighted by Crippen LogP contribution is 2.29. The maximum Gasteiger partial charge on any atom is 0.177 e. The molecule has 5 heteroatoms. The Balaban J connectivity index is 3.65. The van der Waals surface area contributed by atoms with Gasteiger partial charge in [-0.15, -0.1) is 0 Å². The lowest BCUT2D eigenvalue weighted by Gasteiger charge is -2.22. The molecule has 0 aliphatic carbocycles. The minimum absolute atomic E-state index is 0.157. The summed E-state index contributed by atoms with van der Waals surface area (Å²) < 4.78 is 23.5. The van der Waals surface area contributed by atoms with E-state index in [2.05, 4.69) is 4.98 Å². The predicted octanol–water partition coefficient (Wildman–Crippen LogP) is 1.27. The Morgan fingerprint density at radius 1 is 1.38 bits per heavy atom. The lowest BCUT2D eigenvalue weighted by atomic mass is 9.91. The molecule has 0 bridgehead atoms. The number of rotatable bonds is 2. The van der Waals surface area contributed by atoms with Gasteiger partial charge in [0.15, 0.2) is 9.84 Å². The number of aliphatic hydroxyl groups excluding tert-OH is 1. The molecule has 0 radical (unpaired) electrons. The Kier molecular flexibility index (Phi) is 3.40. The highest BCUT2D eigenvalue weighted by Gasteiger charge is 2.26. The van der Waals surface area contributed by atoms with Crippen LogP contribution in [0.3, 0.4) is 0 Å². The molecule has 0 fully saturated rings. The summed E-state index contributed by atoms with van der Waals surface area (Å²) in [5.41, 5.74) is 0.535. The zero-order valence-electron chi connectivity index (χ0n) is 9.98. The Morgan fingerprint density at radius 2 is 1.94 bits per heavy atom. The Hall–Kier alpha value is -0.940. The van der Waals surface area contributed by atoms with Crippen LogP contribution in [0.25, 0.3) is 0 Å². The van der Waals surface area contributed by atoms with E-state index in [0.717, 1.165) is 6.26 Å². The van der Waals surface area contributed by atoms with E-state index in [0.29, 0.717) is 11.3 Å². The first-order valence-corrected chi connectivity index (χ1v) is 6.86. The topological polar surface area (TPSA) is 67.3 Å². The van der Waals surface area contributed by atoms with Gasteiger partial charge in [-0.2, -0.15) is 0 Å². The smallest absolute Gasteiger partial charge is 0.177 e.